The van der Waals surface area contributed by atoms with Crippen LogP contribution in [0.3, 0.4) is 0 Å². The Morgan fingerprint density at radius 1 is 0.824 bits per heavy atom. The Labute approximate surface area is 206 Å². The van der Waals surface area contributed by atoms with E-state index in [2.05, 4.69) is 31.2 Å². The minimum atomic E-state index is -0.861. The molecule has 3 aliphatic rings. The molecule has 0 amide bonds. The van der Waals surface area contributed by atoms with Gasteiger partial charge in [0.2, 0.25) is 5.82 Å². The largest absolute Gasteiger partial charge is 0.491 e. The third-order valence-corrected chi connectivity index (χ3v) is 8.96. The molecule has 3 aliphatic carbocycles. The van der Waals surface area contributed by atoms with E-state index in [4.69, 9.17) is 4.74 Å². The van der Waals surface area contributed by atoms with Crippen LogP contribution in [0.15, 0.2) is 36.4 Å². The summed E-state index contributed by atoms with van der Waals surface area (Å²) in [4.78, 5) is 0. The van der Waals surface area contributed by atoms with Crippen LogP contribution in [0.5, 0.6) is 5.75 Å². The summed E-state index contributed by atoms with van der Waals surface area (Å²) in [7, 11) is 0. The Balaban J connectivity index is 1.16. The quantitative estimate of drug-likeness (QED) is 0.344. The fourth-order valence-corrected chi connectivity index (χ4v) is 6.79. The zero-order valence-corrected chi connectivity index (χ0v) is 21.3. The molecule has 0 aromatic heterocycles. The van der Waals surface area contributed by atoms with Crippen LogP contribution in [0, 0.1) is 47.1 Å². The van der Waals surface area contributed by atoms with Crippen molar-refractivity contribution < 1.29 is 13.5 Å². The van der Waals surface area contributed by atoms with E-state index in [0.29, 0.717) is 24.5 Å². The molecule has 2 fully saturated rings. The topological polar surface area (TPSA) is 9.23 Å². The molecule has 0 spiro atoms. The molecular formula is C31H44F2O. The summed E-state index contributed by atoms with van der Waals surface area (Å²) in [6, 6.07) is 3.20. The van der Waals surface area contributed by atoms with Crippen molar-refractivity contribution >= 4 is 0 Å². The van der Waals surface area contributed by atoms with Crippen molar-refractivity contribution in [2.24, 2.45) is 35.5 Å². The van der Waals surface area contributed by atoms with Crippen LogP contribution in [0.25, 0.3) is 0 Å². The highest BCUT2D eigenvalue weighted by atomic mass is 19.2. The molecule has 0 aliphatic heterocycles. The number of aryl methyl sites for hydroxylation is 1. The molecule has 3 heteroatoms. The van der Waals surface area contributed by atoms with Crippen LogP contribution in [0.2, 0.25) is 0 Å². The molecule has 0 saturated heterocycles. The van der Waals surface area contributed by atoms with Crippen molar-refractivity contribution in [3.63, 3.8) is 0 Å². The minimum absolute atomic E-state index is 0.00463. The number of ether oxygens (including phenoxy) is 1. The predicted octanol–water partition coefficient (Wildman–Crippen LogP) is 9.07. The van der Waals surface area contributed by atoms with Crippen molar-refractivity contribution in [2.45, 2.75) is 90.9 Å². The van der Waals surface area contributed by atoms with Crippen molar-refractivity contribution in [3.05, 3.63) is 53.6 Å². The van der Waals surface area contributed by atoms with Crippen LogP contribution >= 0.6 is 0 Å². The van der Waals surface area contributed by atoms with Gasteiger partial charge in [-0.2, -0.15) is 4.39 Å². The van der Waals surface area contributed by atoms with E-state index < -0.39 is 11.6 Å². The first-order chi connectivity index (χ1) is 16.5. The van der Waals surface area contributed by atoms with Crippen LogP contribution < -0.4 is 4.74 Å². The molecule has 2 saturated carbocycles. The summed E-state index contributed by atoms with van der Waals surface area (Å²) in [5, 5.41) is 0. The Bertz CT molecular complexity index is 828. The van der Waals surface area contributed by atoms with Gasteiger partial charge >= 0.3 is 0 Å². The third-order valence-electron chi connectivity index (χ3n) is 8.96. The molecule has 0 N–H and O–H groups in total. The van der Waals surface area contributed by atoms with Gasteiger partial charge in [-0.25, -0.2) is 4.39 Å². The molecule has 1 aromatic carbocycles. The standard InChI is InChI=1S/C31H44F2O/c1-3-34-29-21-20-28(30(32)31(29)33)7-5-4-6-23-10-14-25(15-11-23)27-18-16-26(17-19-27)24-12-8-22(2)9-13-24/h4,6,8,12,20-27H,3,5,7,9-11,13-19H2,1-2H3/b6-4+. The first-order valence-electron chi connectivity index (χ1n) is 14.0. The maximum Gasteiger partial charge on any atom is 0.200 e. The lowest BCUT2D eigenvalue weighted by Gasteiger charge is -2.39. The van der Waals surface area contributed by atoms with Gasteiger partial charge in [0.25, 0.3) is 0 Å². The lowest BCUT2D eigenvalue weighted by molar-refractivity contribution is 0.136. The van der Waals surface area contributed by atoms with Gasteiger partial charge in [-0.15, -0.1) is 0 Å². The van der Waals surface area contributed by atoms with E-state index in [-0.39, 0.29) is 5.75 Å². The van der Waals surface area contributed by atoms with E-state index >= 15 is 0 Å². The number of hydrogen-bond acceptors (Lipinski definition) is 1. The summed E-state index contributed by atoms with van der Waals surface area (Å²) in [6.45, 7) is 4.45. The first-order valence-corrected chi connectivity index (χ1v) is 14.0. The van der Waals surface area contributed by atoms with Gasteiger partial charge < -0.3 is 4.74 Å². The fraction of sp³-hybridized carbons (Fsp3) is 0.677. The zero-order chi connectivity index (χ0) is 23.9. The maximum atomic E-state index is 14.3. The molecule has 188 valence electrons. The monoisotopic (exact) mass is 470 g/mol. The van der Waals surface area contributed by atoms with E-state index in [0.717, 1.165) is 36.0 Å². The molecule has 2 unspecified atom stereocenters. The van der Waals surface area contributed by atoms with Gasteiger partial charge in [0.1, 0.15) is 0 Å². The lowest BCUT2D eigenvalue weighted by Crippen LogP contribution is -2.28. The van der Waals surface area contributed by atoms with Crippen LogP contribution in [-0.4, -0.2) is 6.61 Å². The second-order valence-corrected chi connectivity index (χ2v) is 11.2. The van der Waals surface area contributed by atoms with Crippen molar-refractivity contribution in [3.8, 4) is 5.75 Å². The summed E-state index contributed by atoms with van der Waals surface area (Å²) in [5.74, 6) is 3.49. The van der Waals surface area contributed by atoms with Crippen molar-refractivity contribution in [2.75, 3.05) is 6.61 Å². The molecule has 0 bridgehead atoms. The molecule has 1 nitrogen and oxygen atoms in total. The second-order valence-electron chi connectivity index (χ2n) is 11.2. The summed E-state index contributed by atoms with van der Waals surface area (Å²) in [5.41, 5.74) is 0.433. The number of allylic oxidation sites excluding steroid dienone is 4. The van der Waals surface area contributed by atoms with Crippen molar-refractivity contribution in [1.82, 2.24) is 0 Å². The Kier molecular flexibility index (Phi) is 9.25. The van der Waals surface area contributed by atoms with E-state index in [1.165, 1.54) is 64.2 Å². The van der Waals surface area contributed by atoms with Gasteiger partial charge in [-0.05, 0) is 131 Å². The zero-order valence-electron chi connectivity index (χ0n) is 21.3. The smallest absolute Gasteiger partial charge is 0.200 e. The van der Waals surface area contributed by atoms with Gasteiger partial charge in [0, 0.05) is 0 Å². The number of rotatable bonds is 8. The second kappa shape index (κ2) is 12.4. The SMILES string of the molecule is CCOc1ccc(CC/C=C/C2CCC(C3CCC(C4C=CC(C)CC4)CC3)CC2)c(F)c1F. The van der Waals surface area contributed by atoms with E-state index in [1.807, 2.05) is 0 Å². The summed E-state index contributed by atoms with van der Waals surface area (Å²) >= 11 is 0. The molecule has 1 aromatic rings. The Morgan fingerprint density at radius 2 is 1.50 bits per heavy atom. The average molecular weight is 471 g/mol. The highest BCUT2D eigenvalue weighted by Gasteiger charge is 2.32. The Morgan fingerprint density at radius 3 is 2.15 bits per heavy atom. The lowest BCUT2D eigenvalue weighted by atomic mass is 9.66. The molecule has 2 atom stereocenters. The van der Waals surface area contributed by atoms with Gasteiger partial charge in [0.15, 0.2) is 11.6 Å². The highest BCUT2D eigenvalue weighted by molar-refractivity contribution is 5.31. The summed E-state index contributed by atoms with van der Waals surface area (Å²) < 4.78 is 33.4. The predicted molar refractivity (Wildman–Crippen MR) is 137 cm³/mol. The van der Waals surface area contributed by atoms with Gasteiger partial charge in [-0.1, -0.05) is 37.3 Å². The molecule has 4 rings (SSSR count). The number of halogens is 2. The normalized spacial score (nSPS) is 32.2. The third kappa shape index (κ3) is 6.52. The fourth-order valence-electron chi connectivity index (χ4n) is 6.79. The highest BCUT2D eigenvalue weighted by Crippen LogP contribution is 2.44. The molecule has 0 radical (unpaired) electrons. The van der Waals surface area contributed by atoms with Crippen molar-refractivity contribution in [1.29, 1.82) is 0 Å². The van der Waals surface area contributed by atoms with Gasteiger partial charge in [-0.3, -0.25) is 0 Å². The van der Waals surface area contributed by atoms with E-state index in [9.17, 15) is 8.78 Å². The minimum Gasteiger partial charge on any atom is -0.491 e. The Hall–Kier alpha value is -1.64. The summed E-state index contributed by atoms with van der Waals surface area (Å²) in [6.07, 6.45) is 24.7. The van der Waals surface area contributed by atoms with Gasteiger partial charge in [0.05, 0.1) is 6.61 Å². The van der Waals surface area contributed by atoms with Crippen LogP contribution in [-0.2, 0) is 6.42 Å². The number of benzene rings is 1. The molecule has 0 heterocycles. The number of hydrogen-bond donors (Lipinski definition) is 0. The van der Waals surface area contributed by atoms with E-state index in [1.54, 1.807) is 19.1 Å². The maximum absolute atomic E-state index is 14.3. The molecular weight excluding hydrogens is 426 g/mol. The van der Waals surface area contributed by atoms with Crippen LogP contribution in [0.1, 0.15) is 90.0 Å². The first kappa shape index (κ1) is 25.5. The van der Waals surface area contributed by atoms with Crippen LogP contribution in [0.4, 0.5) is 8.78 Å². The molecule has 34 heavy (non-hydrogen) atoms. The average Bonchev–Trinajstić information content (AvgIpc) is 2.87.